The molecule has 0 aromatic carbocycles. The molecular weight excluding hydrogens is 745 g/mol. The summed E-state index contributed by atoms with van der Waals surface area (Å²) in [5.74, 6) is 24.6. The minimum atomic E-state index is -0.925. The molecule has 4 aliphatic heterocycles. The Bertz CT molecular complexity index is 2260. The number of carbonyl (C=O) groups is 3. The maximum absolute atomic E-state index is 14.8. The van der Waals surface area contributed by atoms with E-state index in [0.717, 1.165) is 69.9 Å². The summed E-state index contributed by atoms with van der Waals surface area (Å²) in [5.41, 5.74) is 0.676. The predicted octanol–water partition coefficient (Wildman–Crippen LogP) is 6.27. The molecule has 4 heterocycles. The second-order valence-corrected chi connectivity index (χ2v) is 18.8. The van der Waals surface area contributed by atoms with Crippen LogP contribution >= 0.6 is 0 Å². The summed E-state index contributed by atoms with van der Waals surface area (Å²) in [5, 5.41) is 18.7. The fraction of sp³-hybridized carbons (Fsp3) is 0.615. The quantitative estimate of drug-likeness (QED) is 0.159. The van der Waals surface area contributed by atoms with E-state index in [1.807, 2.05) is 11.0 Å². The van der Waals surface area contributed by atoms with Crippen molar-refractivity contribution in [2.75, 3.05) is 0 Å². The first-order chi connectivity index (χ1) is 29.3. The Morgan fingerprint density at radius 2 is 1.55 bits per heavy atom. The molecule has 6 fully saturated rings. The molecule has 9 rings (SSSR count). The highest BCUT2D eigenvalue weighted by molar-refractivity contribution is 6.25. The van der Waals surface area contributed by atoms with Crippen LogP contribution in [0.1, 0.15) is 142 Å². The van der Waals surface area contributed by atoms with Gasteiger partial charge in [-0.2, -0.15) is 0 Å². The van der Waals surface area contributed by atoms with Gasteiger partial charge in [0.2, 0.25) is 11.8 Å². The Kier molecular flexibility index (Phi) is 11.4. The molecule has 3 saturated heterocycles. The lowest BCUT2D eigenvalue weighted by atomic mass is 9.57. The summed E-state index contributed by atoms with van der Waals surface area (Å²) in [4.78, 5) is 52.3. The third kappa shape index (κ3) is 6.83. The number of carbonyl (C=O) groups excluding carboxylic acids is 3. The molecule has 0 bridgehead atoms. The number of hydrogen-bond donors (Lipinski definition) is 1. The van der Waals surface area contributed by atoms with Crippen LogP contribution in [-0.4, -0.2) is 62.6 Å². The molecule has 5 aliphatic carbocycles. The largest absolute Gasteiger partial charge is 0.872 e. The van der Waals surface area contributed by atoms with E-state index < -0.39 is 11.3 Å². The van der Waals surface area contributed by atoms with Crippen molar-refractivity contribution in [2.24, 2.45) is 34.6 Å². The maximum atomic E-state index is 14.8. The second-order valence-electron chi connectivity index (χ2n) is 18.8. The molecule has 60 heavy (non-hydrogen) atoms. The number of fused-ring (bicyclic) bond motifs is 4. The highest BCUT2D eigenvalue weighted by Crippen LogP contribution is 2.56. The maximum Gasteiger partial charge on any atom is 0.225 e. The summed E-state index contributed by atoms with van der Waals surface area (Å²) in [6.07, 6.45) is 29.7. The van der Waals surface area contributed by atoms with Crippen molar-refractivity contribution in [3.63, 3.8) is 0 Å². The van der Waals surface area contributed by atoms with E-state index in [-0.39, 0.29) is 70.7 Å². The topological polar surface area (TPSA) is 105 Å². The number of unbranched alkanes of at least 4 members (excludes halogenated alkanes) is 7. The third-order valence-corrected chi connectivity index (χ3v) is 15.7. The lowest BCUT2D eigenvalue weighted by molar-refractivity contribution is -0.302. The van der Waals surface area contributed by atoms with E-state index in [4.69, 9.17) is 11.4 Å². The average molecular weight is 802 g/mol. The minimum Gasteiger partial charge on any atom is -0.872 e. The highest BCUT2D eigenvalue weighted by atomic mass is 16.3. The van der Waals surface area contributed by atoms with Crippen molar-refractivity contribution in [3.05, 3.63) is 34.6 Å². The fourth-order valence-electron chi connectivity index (χ4n) is 13.3. The smallest absolute Gasteiger partial charge is 0.225 e. The van der Waals surface area contributed by atoms with Gasteiger partial charge >= 0.3 is 0 Å². The third-order valence-electron chi connectivity index (χ3n) is 15.7. The molecule has 0 spiro atoms. The number of nitrogens with zero attached hydrogens (tertiary/aromatic N) is 3. The Morgan fingerprint density at radius 3 is 2.33 bits per heavy atom. The van der Waals surface area contributed by atoms with Gasteiger partial charge in [0.05, 0.1) is 5.71 Å². The van der Waals surface area contributed by atoms with Crippen LogP contribution in [0.5, 0.6) is 0 Å². The number of nitrogens with one attached hydrogen (secondary N) is 1. The Morgan fingerprint density at radius 1 is 0.833 bits per heavy atom. The number of amides is 2. The van der Waals surface area contributed by atoms with Gasteiger partial charge in [0.1, 0.15) is 5.66 Å². The van der Waals surface area contributed by atoms with Crippen LogP contribution in [0.2, 0.25) is 0 Å². The molecule has 3 saturated carbocycles. The van der Waals surface area contributed by atoms with Gasteiger partial charge in [0.25, 0.3) is 0 Å². The van der Waals surface area contributed by atoms with Gasteiger partial charge in [-0.25, -0.2) is 0 Å². The van der Waals surface area contributed by atoms with Gasteiger partial charge in [0.15, 0.2) is 11.4 Å². The van der Waals surface area contributed by atoms with Crippen molar-refractivity contribution < 1.29 is 19.5 Å². The van der Waals surface area contributed by atoms with E-state index in [2.05, 4.69) is 76.5 Å². The molecular formula is C52H57N4O4-. The van der Waals surface area contributed by atoms with Crippen molar-refractivity contribution >= 4 is 23.3 Å². The Hall–Kier alpha value is -4.94. The first-order valence-electron chi connectivity index (χ1n) is 23.2. The van der Waals surface area contributed by atoms with Gasteiger partial charge in [0, 0.05) is 60.4 Å². The number of hydrogen-bond acceptors (Lipinski definition) is 6. The Balaban J connectivity index is 1.05. The molecule has 0 aromatic rings. The van der Waals surface area contributed by atoms with Crippen molar-refractivity contribution in [3.8, 4) is 59.7 Å². The predicted molar refractivity (Wildman–Crippen MR) is 229 cm³/mol. The molecule has 310 valence electrons. The number of rotatable bonds is 10. The van der Waals surface area contributed by atoms with Crippen LogP contribution in [0.4, 0.5) is 0 Å². The molecule has 10 unspecified atom stereocenters. The summed E-state index contributed by atoms with van der Waals surface area (Å²) in [6, 6.07) is -0.136. The lowest BCUT2D eigenvalue weighted by Gasteiger charge is -2.61. The summed E-state index contributed by atoms with van der Waals surface area (Å²) in [6.45, 7) is 2.25. The molecule has 2 amide bonds. The van der Waals surface area contributed by atoms with Gasteiger partial charge < -0.3 is 14.9 Å². The number of Topliss-reactive ketones (excluding diaryl/α,β-unsaturated/α-hetero) is 1. The van der Waals surface area contributed by atoms with Gasteiger partial charge in [-0.3, -0.25) is 24.7 Å². The summed E-state index contributed by atoms with van der Waals surface area (Å²) < 4.78 is 0. The van der Waals surface area contributed by atoms with E-state index >= 15 is 0 Å². The molecule has 0 aromatic heterocycles. The number of terminal acetylenes is 1. The number of allylic oxidation sites excluding steroid dienone is 4. The Labute approximate surface area is 356 Å². The normalized spacial score (nSPS) is 36.6. The van der Waals surface area contributed by atoms with Gasteiger partial charge in [-0.05, 0) is 134 Å². The van der Waals surface area contributed by atoms with Gasteiger partial charge in [-0.15, -0.1) is 6.42 Å². The minimum absolute atomic E-state index is 0.00105. The number of aliphatic imine (C=N–C) groups is 1. The molecule has 10 atom stereocenters. The SMILES string of the molecule is C#CC#CC#CC#CC#CC12CCC(=O)N1C1C(C3=C([O-])/C(=C4\C=CC5CCCC6C5C4=NC4(CCCCCCCCCC)CCC(=O)N64)C3=O)CCC3CCCC(N2)C31. The molecule has 8 nitrogen and oxygen atoms in total. The molecule has 0 radical (unpaired) electrons. The van der Waals surface area contributed by atoms with Crippen LogP contribution < -0.4 is 10.4 Å². The van der Waals surface area contributed by atoms with Crippen LogP contribution in [0.25, 0.3) is 0 Å². The molecule has 8 heteroatoms. The monoisotopic (exact) mass is 801 g/mol. The number of ketones is 1. The summed E-state index contributed by atoms with van der Waals surface area (Å²) in [7, 11) is 0. The van der Waals surface area contributed by atoms with E-state index in [1.54, 1.807) is 0 Å². The van der Waals surface area contributed by atoms with E-state index in [9.17, 15) is 19.5 Å². The fourth-order valence-corrected chi connectivity index (χ4v) is 13.3. The van der Waals surface area contributed by atoms with Crippen LogP contribution in [0.15, 0.2) is 39.6 Å². The first kappa shape index (κ1) is 40.5. The zero-order valence-corrected chi connectivity index (χ0v) is 35.2. The zero-order chi connectivity index (χ0) is 41.4. The second kappa shape index (κ2) is 16.8. The van der Waals surface area contributed by atoms with E-state index in [0.29, 0.717) is 49.2 Å². The van der Waals surface area contributed by atoms with Crippen molar-refractivity contribution in [1.82, 2.24) is 15.1 Å². The average Bonchev–Trinajstić information content (AvgIpc) is 3.77. The van der Waals surface area contributed by atoms with Crippen LogP contribution in [0, 0.1) is 89.3 Å². The zero-order valence-electron chi connectivity index (χ0n) is 35.2. The summed E-state index contributed by atoms with van der Waals surface area (Å²) >= 11 is 0. The van der Waals surface area contributed by atoms with Crippen molar-refractivity contribution in [2.45, 2.75) is 171 Å². The highest BCUT2D eigenvalue weighted by Gasteiger charge is 2.63. The lowest BCUT2D eigenvalue weighted by Crippen LogP contribution is -2.74. The van der Waals surface area contributed by atoms with Crippen LogP contribution in [-0.2, 0) is 14.4 Å². The van der Waals surface area contributed by atoms with Crippen LogP contribution in [0.3, 0.4) is 0 Å². The molecule has 9 aliphatic rings. The van der Waals surface area contributed by atoms with E-state index in [1.165, 1.54) is 38.5 Å². The molecule has 1 N–H and O–H groups in total. The van der Waals surface area contributed by atoms with Gasteiger partial charge in [-0.1, -0.05) is 82.6 Å². The van der Waals surface area contributed by atoms with Crippen molar-refractivity contribution in [1.29, 1.82) is 0 Å². The first-order valence-corrected chi connectivity index (χ1v) is 23.2. The standard InChI is InChI=1S/C52H58N4O4/c1-3-5-7-9-11-13-15-17-31-51-33-30-42(58)56(51)48-38(28-26-35-21-19-23-39(53-51)43(35)48)46-49(59)45(50(46)60)37-27-25-36-22-20-24-40-44(36)47(37)54-52(34-29-41(57)55(40)52)32-18-16-14-12-10-8-6-4-2/h1,25,27,35-36,38-40,43-44,48,53,59H,4,6,8,10,12,14,16,18-24,26,28-30,32-34H2,2H3/p-1/b45-37-.